The smallest absolute Gasteiger partial charge is 0.251 e. The first-order chi connectivity index (χ1) is 17.3. The Kier molecular flexibility index (Phi) is 8.39. The second-order valence-corrected chi connectivity index (χ2v) is 10.2. The van der Waals surface area contributed by atoms with Gasteiger partial charge < -0.3 is 20.1 Å². The van der Waals surface area contributed by atoms with Gasteiger partial charge in [0, 0.05) is 60.6 Å². The van der Waals surface area contributed by atoms with Gasteiger partial charge in [0.1, 0.15) is 17.2 Å². The molecule has 0 radical (unpaired) electrons. The Morgan fingerprint density at radius 2 is 1.72 bits per heavy atom. The van der Waals surface area contributed by atoms with Gasteiger partial charge in [-0.2, -0.15) is 0 Å². The topological polar surface area (TPSA) is 65.0 Å². The van der Waals surface area contributed by atoms with E-state index in [1.165, 1.54) is 0 Å². The number of phenols is 1. The maximum Gasteiger partial charge on any atom is 0.251 e. The highest BCUT2D eigenvalue weighted by Gasteiger charge is 2.27. The summed E-state index contributed by atoms with van der Waals surface area (Å²) in [6.45, 7) is 9.94. The molecule has 1 amide bonds. The van der Waals surface area contributed by atoms with E-state index in [0.29, 0.717) is 34.0 Å². The molecule has 3 aromatic carbocycles. The summed E-state index contributed by atoms with van der Waals surface area (Å²) in [5.74, 6) is 1.84. The average Bonchev–Trinajstić information content (AvgIpc) is 2.85. The molecule has 36 heavy (non-hydrogen) atoms. The zero-order valence-electron chi connectivity index (χ0n) is 21.0. The number of hydrogen-bond donors (Lipinski definition) is 2. The molecular formula is C29H34ClN3O3. The number of hydrogen-bond acceptors (Lipinski definition) is 5. The second kappa shape index (κ2) is 11.7. The molecule has 1 aliphatic heterocycles. The van der Waals surface area contributed by atoms with Gasteiger partial charge >= 0.3 is 0 Å². The fourth-order valence-corrected chi connectivity index (χ4v) is 4.65. The van der Waals surface area contributed by atoms with Crippen LogP contribution in [0.2, 0.25) is 5.02 Å². The summed E-state index contributed by atoms with van der Waals surface area (Å²) >= 11 is 5.93. The summed E-state index contributed by atoms with van der Waals surface area (Å²) in [5.41, 5.74) is 1.64. The fourth-order valence-electron chi connectivity index (χ4n) is 4.52. The molecule has 2 N–H and O–H groups in total. The van der Waals surface area contributed by atoms with Crippen molar-refractivity contribution < 1.29 is 14.6 Å². The van der Waals surface area contributed by atoms with Gasteiger partial charge in [-0.25, -0.2) is 0 Å². The van der Waals surface area contributed by atoms with Crippen LogP contribution >= 0.6 is 11.6 Å². The normalized spacial score (nSPS) is 17.1. The van der Waals surface area contributed by atoms with Crippen molar-refractivity contribution in [2.24, 2.45) is 5.92 Å². The molecule has 1 saturated heterocycles. The first kappa shape index (κ1) is 25.9. The number of anilines is 1. The third-order valence-electron chi connectivity index (χ3n) is 6.61. The van der Waals surface area contributed by atoms with E-state index in [0.717, 1.165) is 31.9 Å². The van der Waals surface area contributed by atoms with Crippen LogP contribution in [0, 0.1) is 5.92 Å². The molecule has 4 rings (SSSR count). The number of amides is 1. The molecule has 0 aromatic heterocycles. The van der Waals surface area contributed by atoms with Crippen LogP contribution in [-0.2, 0) is 0 Å². The van der Waals surface area contributed by atoms with Crippen molar-refractivity contribution in [2.45, 2.75) is 32.9 Å². The molecule has 0 aliphatic carbocycles. The Labute approximate surface area is 218 Å². The predicted molar refractivity (Wildman–Crippen MR) is 145 cm³/mol. The van der Waals surface area contributed by atoms with Crippen LogP contribution in [0.4, 0.5) is 5.69 Å². The first-order valence-electron chi connectivity index (χ1n) is 12.4. The van der Waals surface area contributed by atoms with Crippen LogP contribution in [0.5, 0.6) is 17.2 Å². The minimum absolute atomic E-state index is 0.0296. The minimum atomic E-state index is -0.0850. The van der Waals surface area contributed by atoms with Gasteiger partial charge in [0.25, 0.3) is 5.91 Å². The number of aromatic hydroxyl groups is 1. The lowest BCUT2D eigenvalue weighted by Crippen LogP contribution is -2.56. The average molecular weight is 508 g/mol. The van der Waals surface area contributed by atoms with Crippen molar-refractivity contribution in [3.05, 3.63) is 83.4 Å². The van der Waals surface area contributed by atoms with Gasteiger partial charge in [0.2, 0.25) is 0 Å². The van der Waals surface area contributed by atoms with Crippen molar-refractivity contribution >= 4 is 23.2 Å². The van der Waals surface area contributed by atoms with Crippen LogP contribution in [0.15, 0.2) is 72.8 Å². The van der Waals surface area contributed by atoms with E-state index in [2.05, 4.69) is 35.9 Å². The number of carbonyl (C=O) groups is 1. The van der Waals surface area contributed by atoms with Gasteiger partial charge in [0.05, 0.1) is 0 Å². The monoisotopic (exact) mass is 507 g/mol. The molecule has 2 atom stereocenters. The Hall–Kier alpha value is -3.22. The molecule has 1 fully saturated rings. The third-order valence-corrected chi connectivity index (χ3v) is 6.87. The van der Waals surface area contributed by atoms with E-state index in [1.807, 2.05) is 18.2 Å². The maximum absolute atomic E-state index is 13.0. The first-order valence-corrected chi connectivity index (χ1v) is 12.8. The molecule has 1 aliphatic rings. The second-order valence-electron chi connectivity index (χ2n) is 9.73. The molecular weight excluding hydrogens is 474 g/mol. The number of nitrogens with one attached hydrogen (secondary N) is 1. The van der Waals surface area contributed by atoms with E-state index >= 15 is 0 Å². The fraction of sp³-hybridized carbons (Fsp3) is 0.345. The number of benzene rings is 3. The summed E-state index contributed by atoms with van der Waals surface area (Å²) in [6, 6.07) is 22.1. The van der Waals surface area contributed by atoms with Gasteiger partial charge in [-0.05, 0) is 73.5 Å². The van der Waals surface area contributed by atoms with Crippen molar-refractivity contribution in [1.82, 2.24) is 10.2 Å². The number of nitrogens with zero attached hydrogens (tertiary/aromatic N) is 2. The Balaban J connectivity index is 1.33. The molecule has 1 heterocycles. The number of piperazine rings is 1. The third kappa shape index (κ3) is 6.71. The lowest BCUT2D eigenvalue weighted by atomic mass is 10.0. The molecule has 6 nitrogen and oxygen atoms in total. The van der Waals surface area contributed by atoms with Crippen molar-refractivity contribution in [2.75, 3.05) is 31.1 Å². The molecule has 0 spiro atoms. The Bertz CT molecular complexity index is 1150. The summed E-state index contributed by atoms with van der Waals surface area (Å²) in [5, 5.41) is 13.7. The van der Waals surface area contributed by atoms with Crippen LogP contribution in [0.25, 0.3) is 0 Å². The quantitative estimate of drug-likeness (QED) is 0.403. The minimum Gasteiger partial charge on any atom is -0.508 e. The summed E-state index contributed by atoms with van der Waals surface area (Å²) in [4.78, 5) is 17.8. The number of halogens is 1. The van der Waals surface area contributed by atoms with E-state index in [1.54, 1.807) is 54.6 Å². The van der Waals surface area contributed by atoms with Crippen LogP contribution in [-0.4, -0.2) is 54.2 Å². The van der Waals surface area contributed by atoms with E-state index in [-0.39, 0.29) is 17.7 Å². The van der Waals surface area contributed by atoms with E-state index in [4.69, 9.17) is 16.3 Å². The molecule has 0 unspecified atom stereocenters. The zero-order valence-corrected chi connectivity index (χ0v) is 21.8. The van der Waals surface area contributed by atoms with Crippen molar-refractivity contribution in [1.29, 1.82) is 0 Å². The van der Waals surface area contributed by atoms with E-state index < -0.39 is 0 Å². The Morgan fingerprint density at radius 1 is 1.06 bits per heavy atom. The molecule has 7 heteroatoms. The van der Waals surface area contributed by atoms with Crippen LogP contribution in [0.3, 0.4) is 0 Å². The maximum atomic E-state index is 13.0. The Morgan fingerprint density at radius 3 is 2.33 bits per heavy atom. The summed E-state index contributed by atoms with van der Waals surface area (Å²) in [6.07, 6.45) is 0. The van der Waals surface area contributed by atoms with Crippen molar-refractivity contribution in [3.63, 3.8) is 0 Å². The largest absolute Gasteiger partial charge is 0.508 e. The number of carbonyl (C=O) groups excluding carboxylic acids is 1. The lowest BCUT2D eigenvalue weighted by molar-refractivity contribution is 0.0903. The van der Waals surface area contributed by atoms with E-state index in [9.17, 15) is 9.90 Å². The molecule has 190 valence electrons. The van der Waals surface area contributed by atoms with Gasteiger partial charge in [0.15, 0.2) is 0 Å². The van der Waals surface area contributed by atoms with Gasteiger partial charge in [-0.15, -0.1) is 0 Å². The van der Waals surface area contributed by atoms with Crippen LogP contribution < -0.4 is 15.0 Å². The lowest BCUT2D eigenvalue weighted by Gasteiger charge is -2.42. The number of ether oxygens (including phenoxy) is 1. The zero-order chi connectivity index (χ0) is 25.7. The highest BCUT2D eigenvalue weighted by atomic mass is 35.5. The highest BCUT2D eigenvalue weighted by molar-refractivity contribution is 6.30. The van der Waals surface area contributed by atoms with Gasteiger partial charge in [-0.1, -0.05) is 31.5 Å². The van der Waals surface area contributed by atoms with Crippen molar-refractivity contribution in [3.8, 4) is 17.2 Å². The standard InChI is InChI=1S/C29H34ClN3O3/c1-20(2)28(19-32-15-16-33(21(3)18-32)24-5-4-6-25(34)17-24)31-29(35)22-7-11-26(12-8-22)36-27-13-9-23(30)10-14-27/h4-14,17,20-21,28,34H,15-16,18-19H2,1-3H3,(H,31,35)/t21-,28+/m0/s1. The SMILES string of the molecule is CC(C)[C@@H](CN1CCN(c2cccc(O)c2)[C@@H](C)C1)NC(=O)c1ccc(Oc2ccc(Cl)cc2)cc1. The number of phenolic OH excluding ortho intramolecular Hbond substituents is 1. The predicted octanol–water partition coefficient (Wildman–Crippen LogP) is 5.80. The van der Waals surface area contributed by atoms with Crippen LogP contribution in [0.1, 0.15) is 31.1 Å². The number of rotatable bonds is 8. The molecule has 0 bridgehead atoms. The summed E-state index contributed by atoms with van der Waals surface area (Å²) < 4.78 is 5.83. The molecule has 3 aromatic rings. The molecule has 0 saturated carbocycles. The van der Waals surface area contributed by atoms with Gasteiger partial charge in [-0.3, -0.25) is 9.69 Å². The highest BCUT2D eigenvalue weighted by Crippen LogP contribution is 2.25. The summed E-state index contributed by atoms with van der Waals surface area (Å²) in [7, 11) is 0.